The molecule has 28 heavy (non-hydrogen) atoms. The summed E-state index contributed by atoms with van der Waals surface area (Å²) in [6, 6.07) is 15.1. The molecule has 0 saturated carbocycles. The number of carbonyl (C=O) groups excluding carboxylic acids is 1. The lowest BCUT2D eigenvalue weighted by atomic mass is 10.1. The molecule has 0 fully saturated rings. The summed E-state index contributed by atoms with van der Waals surface area (Å²) in [6.07, 6.45) is 0.749. The molecule has 2 aromatic carbocycles. The third-order valence-corrected chi connectivity index (χ3v) is 4.00. The van der Waals surface area contributed by atoms with Crippen molar-refractivity contribution in [1.29, 1.82) is 0 Å². The molecule has 0 radical (unpaired) electrons. The van der Waals surface area contributed by atoms with Gasteiger partial charge in [-0.2, -0.15) is 0 Å². The highest BCUT2D eigenvalue weighted by molar-refractivity contribution is 6.03. The standard InChI is InChI=1S/C21H21FN4O2/c1-14-11-19(20(27)25-17-7-4-6-16(22)13-17)26-21(24-14)23-10-9-15-5-3-8-18(12-15)28-2/h3-8,11-13H,9-10H2,1-2H3,(H,25,27)(H,23,24,26). The average Bonchev–Trinajstić information content (AvgIpc) is 2.68. The third kappa shape index (κ3) is 5.26. The largest absolute Gasteiger partial charge is 0.497 e. The van der Waals surface area contributed by atoms with E-state index in [0.29, 0.717) is 23.9 Å². The molecule has 1 aromatic heterocycles. The molecular formula is C21H21FN4O2. The number of hydrogen-bond acceptors (Lipinski definition) is 5. The number of ether oxygens (including phenoxy) is 1. The van der Waals surface area contributed by atoms with Crippen LogP contribution in [0.1, 0.15) is 21.7 Å². The summed E-state index contributed by atoms with van der Waals surface area (Å²) < 4.78 is 18.5. The fraction of sp³-hybridized carbons (Fsp3) is 0.190. The third-order valence-electron chi connectivity index (χ3n) is 4.00. The van der Waals surface area contributed by atoms with Crippen LogP contribution in [0.4, 0.5) is 16.0 Å². The quantitative estimate of drug-likeness (QED) is 0.651. The number of amides is 1. The summed E-state index contributed by atoms with van der Waals surface area (Å²) in [5.74, 6) is 0.330. The fourth-order valence-corrected chi connectivity index (χ4v) is 2.67. The summed E-state index contributed by atoms with van der Waals surface area (Å²) >= 11 is 0. The maximum Gasteiger partial charge on any atom is 0.274 e. The molecule has 144 valence electrons. The van der Waals surface area contributed by atoms with Gasteiger partial charge in [0.25, 0.3) is 5.91 Å². The Morgan fingerprint density at radius 1 is 1.11 bits per heavy atom. The van der Waals surface area contributed by atoms with Gasteiger partial charge in [-0.1, -0.05) is 18.2 Å². The lowest BCUT2D eigenvalue weighted by molar-refractivity contribution is 0.102. The number of aromatic nitrogens is 2. The van der Waals surface area contributed by atoms with Gasteiger partial charge < -0.3 is 15.4 Å². The predicted octanol–water partition coefficient (Wildman–Crippen LogP) is 3.84. The zero-order valence-corrected chi connectivity index (χ0v) is 15.7. The van der Waals surface area contributed by atoms with E-state index >= 15 is 0 Å². The summed E-state index contributed by atoms with van der Waals surface area (Å²) in [6.45, 7) is 2.38. The van der Waals surface area contributed by atoms with Crippen molar-refractivity contribution in [3.63, 3.8) is 0 Å². The lowest BCUT2D eigenvalue weighted by Gasteiger charge is -2.09. The van der Waals surface area contributed by atoms with Crippen molar-refractivity contribution in [1.82, 2.24) is 9.97 Å². The van der Waals surface area contributed by atoms with E-state index in [2.05, 4.69) is 20.6 Å². The van der Waals surface area contributed by atoms with Crippen LogP contribution in [0.15, 0.2) is 54.6 Å². The number of aryl methyl sites for hydroxylation is 1. The number of carbonyl (C=O) groups is 1. The Morgan fingerprint density at radius 3 is 2.71 bits per heavy atom. The molecule has 0 bridgehead atoms. The Morgan fingerprint density at radius 2 is 1.93 bits per heavy atom. The lowest BCUT2D eigenvalue weighted by Crippen LogP contribution is -2.17. The van der Waals surface area contributed by atoms with Gasteiger partial charge in [-0.15, -0.1) is 0 Å². The van der Waals surface area contributed by atoms with Crippen LogP contribution in [0, 0.1) is 12.7 Å². The monoisotopic (exact) mass is 380 g/mol. The van der Waals surface area contributed by atoms with E-state index in [4.69, 9.17) is 4.74 Å². The number of hydrogen-bond donors (Lipinski definition) is 2. The normalized spacial score (nSPS) is 10.4. The van der Waals surface area contributed by atoms with Crippen molar-refractivity contribution in [3.05, 3.63) is 77.4 Å². The minimum Gasteiger partial charge on any atom is -0.497 e. The van der Waals surface area contributed by atoms with E-state index in [1.54, 1.807) is 26.2 Å². The van der Waals surface area contributed by atoms with Gasteiger partial charge in [-0.25, -0.2) is 14.4 Å². The molecule has 1 amide bonds. The van der Waals surface area contributed by atoms with Gasteiger partial charge in [0.2, 0.25) is 5.95 Å². The molecule has 2 N–H and O–H groups in total. The van der Waals surface area contributed by atoms with Crippen molar-refractivity contribution in [2.45, 2.75) is 13.3 Å². The van der Waals surface area contributed by atoms with Crippen molar-refractivity contribution in [3.8, 4) is 5.75 Å². The molecule has 0 aliphatic carbocycles. The topological polar surface area (TPSA) is 76.1 Å². The van der Waals surface area contributed by atoms with Crippen LogP contribution in [0.25, 0.3) is 0 Å². The van der Waals surface area contributed by atoms with E-state index in [9.17, 15) is 9.18 Å². The van der Waals surface area contributed by atoms with Gasteiger partial charge in [0.15, 0.2) is 0 Å². The molecule has 0 unspecified atom stereocenters. The number of nitrogens with zero attached hydrogens (tertiary/aromatic N) is 2. The molecule has 6 nitrogen and oxygen atoms in total. The Hall–Kier alpha value is -3.48. The minimum atomic E-state index is -0.424. The first-order valence-corrected chi connectivity index (χ1v) is 8.83. The van der Waals surface area contributed by atoms with Crippen LogP contribution in [0.5, 0.6) is 5.75 Å². The Labute approximate surface area is 162 Å². The zero-order chi connectivity index (χ0) is 19.9. The maximum atomic E-state index is 13.3. The number of benzene rings is 2. The number of rotatable bonds is 7. The first-order valence-electron chi connectivity index (χ1n) is 8.83. The fourth-order valence-electron chi connectivity index (χ4n) is 2.67. The SMILES string of the molecule is COc1cccc(CCNc2nc(C)cc(C(=O)Nc3cccc(F)c3)n2)c1. The summed E-state index contributed by atoms with van der Waals surface area (Å²) in [5.41, 5.74) is 2.35. The highest BCUT2D eigenvalue weighted by Gasteiger charge is 2.11. The second kappa shape index (κ2) is 8.94. The number of nitrogens with one attached hydrogen (secondary N) is 2. The van der Waals surface area contributed by atoms with E-state index in [0.717, 1.165) is 17.7 Å². The number of halogens is 1. The van der Waals surface area contributed by atoms with E-state index in [1.165, 1.54) is 18.2 Å². The maximum absolute atomic E-state index is 13.3. The van der Waals surface area contributed by atoms with E-state index in [-0.39, 0.29) is 5.69 Å². The molecule has 3 rings (SSSR count). The van der Waals surface area contributed by atoms with Gasteiger partial charge >= 0.3 is 0 Å². The number of anilines is 2. The smallest absolute Gasteiger partial charge is 0.274 e. The van der Waals surface area contributed by atoms with Gasteiger partial charge in [-0.3, -0.25) is 4.79 Å². The molecule has 0 spiro atoms. The second-order valence-corrected chi connectivity index (χ2v) is 6.21. The van der Waals surface area contributed by atoms with Gasteiger partial charge in [-0.05, 0) is 55.3 Å². The Balaban J connectivity index is 1.64. The molecule has 7 heteroatoms. The number of methoxy groups -OCH3 is 1. The van der Waals surface area contributed by atoms with Gasteiger partial charge in [0.05, 0.1) is 7.11 Å². The zero-order valence-electron chi connectivity index (χ0n) is 15.7. The second-order valence-electron chi connectivity index (χ2n) is 6.21. The average molecular weight is 380 g/mol. The van der Waals surface area contributed by atoms with Crippen LogP contribution >= 0.6 is 0 Å². The van der Waals surface area contributed by atoms with E-state index < -0.39 is 11.7 Å². The molecule has 1 heterocycles. The summed E-state index contributed by atoms with van der Waals surface area (Å²) in [4.78, 5) is 21.0. The van der Waals surface area contributed by atoms with E-state index in [1.807, 2.05) is 24.3 Å². The highest BCUT2D eigenvalue weighted by Crippen LogP contribution is 2.14. The van der Waals surface area contributed by atoms with Crippen LogP contribution < -0.4 is 15.4 Å². The van der Waals surface area contributed by atoms with Crippen LogP contribution in [0.2, 0.25) is 0 Å². The van der Waals surface area contributed by atoms with Gasteiger partial charge in [0, 0.05) is 17.9 Å². The summed E-state index contributed by atoms with van der Waals surface area (Å²) in [7, 11) is 1.63. The molecule has 0 atom stereocenters. The van der Waals surface area contributed by atoms with Crippen LogP contribution in [0.3, 0.4) is 0 Å². The predicted molar refractivity (Wildman–Crippen MR) is 106 cm³/mol. The van der Waals surface area contributed by atoms with Crippen molar-refractivity contribution < 1.29 is 13.9 Å². The molecule has 3 aromatic rings. The van der Waals surface area contributed by atoms with Crippen molar-refractivity contribution in [2.75, 3.05) is 24.3 Å². The Bertz CT molecular complexity index is 978. The molecule has 0 aliphatic rings. The van der Waals surface area contributed by atoms with Gasteiger partial charge in [0.1, 0.15) is 17.3 Å². The van der Waals surface area contributed by atoms with Crippen LogP contribution in [-0.4, -0.2) is 29.5 Å². The first-order chi connectivity index (χ1) is 13.5. The minimum absolute atomic E-state index is 0.209. The Kier molecular flexibility index (Phi) is 6.16. The molecule has 0 saturated heterocycles. The van der Waals surface area contributed by atoms with Crippen molar-refractivity contribution in [2.24, 2.45) is 0 Å². The molecular weight excluding hydrogens is 359 g/mol. The molecule has 0 aliphatic heterocycles. The van der Waals surface area contributed by atoms with Crippen molar-refractivity contribution >= 4 is 17.5 Å². The first kappa shape index (κ1) is 19.3. The van der Waals surface area contributed by atoms with Crippen LogP contribution in [-0.2, 0) is 6.42 Å². The highest BCUT2D eigenvalue weighted by atomic mass is 19.1. The summed E-state index contributed by atoms with van der Waals surface area (Å²) in [5, 5.41) is 5.77.